The summed E-state index contributed by atoms with van der Waals surface area (Å²) in [4.78, 5) is 4.33. The first-order chi connectivity index (χ1) is 9.02. The van der Waals surface area contributed by atoms with Crippen LogP contribution in [0.25, 0.3) is 10.9 Å². The molecule has 1 heterocycles. The summed E-state index contributed by atoms with van der Waals surface area (Å²) in [6.45, 7) is 3.61. The fraction of sp³-hybridized carbons (Fsp3) is 0.333. The molecule has 0 amide bonds. The largest absolute Gasteiger partial charge is 0.488 e. The fourth-order valence-corrected chi connectivity index (χ4v) is 2.07. The van der Waals surface area contributed by atoms with E-state index >= 15 is 0 Å². The molecular formula is C15H17N3O. The number of pyridine rings is 1. The van der Waals surface area contributed by atoms with Gasteiger partial charge in [0.05, 0.1) is 12.2 Å². The zero-order valence-electron chi connectivity index (χ0n) is 11.1. The van der Waals surface area contributed by atoms with Gasteiger partial charge < -0.3 is 10.5 Å². The van der Waals surface area contributed by atoms with Crippen LogP contribution in [-0.2, 0) is 0 Å². The van der Waals surface area contributed by atoms with Crippen LogP contribution < -0.4 is 10.5 Å². The number of benzene rings is 1. The van der Waals surface area contributed by atoms with E-state index in [1.807, 2.05) is 37.3 Å². The average molecular weight is 255 g/mol. The van der Waals surface area contributed by atoms with Crippen LogP contribution in [0.1, 0.15) is 20.3 Å². The van der Waals surface area contributed by atoms with Gasteiger partial charge in [0.25, 0.3) is 0 Å². The molecule has 19 heavy (non-hydrogen) atoms. The molecule has 98 valence electrons. The Balaban J connectivity index is 2.20. The third-order valence-electron chi connectivity index (χ3n) is 2.89. The molecule has 0 saturated heterocycles. The normalized spacial score (nSPS) is 15.5. The molecule has 0 spiro atoms. The second-order valence-electron chi connectivity index (χ2n) is 4.99. The maximum absolute atomic E-state index is 8.94. The number of aromatic nitrogens is 1. The summed E-state index contributed by atoms with van der Waals surface area (Å²) in [7, 11) is 0. The number of hydrogen-bond acceptors (Lipinski definition) is 4. The highest BCUT2D eigenvalue weighted by Crippen LogP contribution is 2.25. The number of para-hydroxylation sites is 1. The number of nitrogens with zero attached hydrogens (tertiary/aromatic N) is 2. The van der Waals surface area contributed by atoms with Crippen molar-refractivity contribution in [3.05, 3.63) is 36.5 Å². The summed E-state index contributed by atoms with van der Waals surface area (Å²) in [5.41, 5.74) is 5.78. The Morgan fingerprint density at radius 3 is 2.89 bits per heavy atom. The van der Waals surface area contributed by atoms with Gasteiger partial charge in [-0.25, -0.2) is 0 Å². The zero-order valence-corrected chi connectivity index (χ0v) is 11.1. The Kier molecular flexibility index (Phi) is 3.68. The van der Waals surface area contributed by atoms with Crippen molar-refractivity contribution in [1.29, 1.82) is 5.26 Å². The average Bonchev–Trinajstić information content (AvgIpc) is 2.38. The highest BCUT2D eigenvalue weighted by atomic mass is 16.5. The van der Waals surface area contributed by atoms with E-state index in [-0.39, 0.29) is 6.10 Å². The van der Waals surface area contributed by atoms with Gasteiger partial charge in [-0.15, -0.1) is 0 Å². The quantitative estimate of drug-likeness (QED) is 0.911. The van der Waals surface area contributed by atoms with E-state index in [1.54, 1.807) is 13.1 Å². The molecule has 0 radical (unpaired) electrons. The Morgan fingerprint density at radius 1 is 1.42 bits per heavy atom. The summed E-state index contributed by atoms with van der Waals surface area (Å²) in [6.07, 6.45) is 2.05. The number of rotatable bonds is 4. The number of nitrogens with two attached hydrogens (primary N) is 1. The van der Waals surface area contributed by atoms with Gasteiger partial charge in [-0.05, 0) is 26.0 Å². The third kappa shape index (κ3) is 3.21. The molecule has 4 heteroatoms. The number of nitriles is 1. The highest BCUT2D eigenvalue weighted by Gasteiger charge is 2.22. The molecule has 1 aromatic carbocycles. The summed E-state index contributed by atoms with van der Waals surface area (Å²) in [6, 6.07) is 11.8. The Bertz CT molecular complexity index is 611. The van der Waals surface area contributed by atoms with Crippen molar-refractivity contribution in [2.75, 3.05) is 0 Å². The van der Waals surface area contributed by atoms with Crippen molar-refractivity contribution >= 4 is 10.9 Å². The van der Waals surface area contributed by atoms with Gasteiger partial charge in [0, 0.05) is 18.0 Å². The summed E-state index contributed by atoms with van der Waals surface area (Å²) >= 11 is 0. The molecule has 2 rings (SSSR count). The van der Waals surface area contributed by atoms with Gasteiger partial charge in [-0.3, -0.25) is 4.98 Å². The smallest absolute Gasteiger partial charge is 0.145 e. The van der Waals surface area contributed by atoms with E-state index < -0.39 is 5.54 Å². The SMILES string of the molecule is CC(CC(C)(N)C#N)Oc1cccc2cccnc12. The third-order valence-corrected chi connectivity index (χ3v) is 2.89. The van der Waals surface area contributed by atoms with Crippen LogP contribution in [0, 0.1) is 11.3 Å². The van der Waals surface area contributed by atoms with Crippen LogP contribution in [0.5, 0.6) is 5.75 Å². The van der Waals surface area contributed by atoms with E-state index in [4.69, 9.17) is 15.7 Å². The van der Waals surface area contributed by atoms with E-state index in [2.05, 4.69) is 11.1 Å². The second kappa shape index (κ2) is 5.25. The van der Waals surface area contributed by atoms with Gasteiger partial charge in [-0.2, -0.15) is 5.26 Å². The topological polar surface area (TPSA) is 71.9 Å². The van der Waals surface area contributed by atoms with Crippen LogP contribution >= 0.6 is 0 Å². The highest BCUT2D eigenvalue weighted by molar-refractivity contribution is 5.84. The van der Waals surface area contributed by atoms with Gasteiger partial charge in [-0.1, -0.05) is 18.2 Å². The minimum absolute atomic E-state index is 0.151. The molecule has 0 bridgehead atoms. The lowest BCUT2D eigenvalue weighted by molar-refractivity contribution is 0.193. The molecule has 0 aliphatic rings. The van der Waals surface area contributed by atoms with E-state index in [0.29, 0.717) is 6.42 Å². The fourth-order valence-electron chi connectivity index (χ4n) is 2.07. The van der Waals surface area contributed by atoms with Crippen molar-refractivity contribution < 1.29 is 4.74 Å². The van der Waals surface area contributed by atoms with Gasteiger partial charge >= 0.3 is 0 Å². The standard InChI is InChI=1S/C15H17N3O/c1-11(9-15(2,17)10-16)19-13-7-3-5-12-6-4-8-18-14(12)13/h3-8,11H,9,17H2,1-2H3. The molecule has 0 aliphatic carbocycles. The van der Waals surface area contributed by atoms with Gasteiger partial charge in [0.15, 0.2) is 0 Å². The zero-order chi connectivity index (χ0) is 13.9. The van der Waals surface area contributed by atoms with Crippen molar-refractivity contribution in [2.24, 2.45) is 5.73 Å². The maximum atomic E-state index is 8.94. The maximum Gasteiger partial charge on any atom is 0.145 e. The molecule has 2 atom stereocenters. The van der Waals surface area contributed by atoms with Crippen molar-refractivity contribution in [1.82, 2.24) is 4.98 Å². The van der Waals surface area contributed by atoms with Crippen molar-refractivity contribution in [2.45, 2.75) is 31.9 Å². The molecule has 4 nitrogen and oxygen atoms in total. The molecule has 2 aromatic rings. The van der Waals surface area contributed by atoms with E-state index in [1.165, 1.54) is 0 Å². The predicted molar refractivity (Wildman–Crippen MR) is 74.7 cm³/mol. The molecule has 0 saturated carbocycles. The van der Waals surface area contributed by atoms with Crippen molar-refractivity contribution in [3.63, 3.8) is 0 Å². The lowest BCUT2D eigenvalue weighted by Crippen LogP contribution is -2.38. The Labute approximate surface area is 112 Å². The lowest BCUT2D eigenvalue weighted by Gasteiger charge is -2.22. The number of fused-ring (bicyclic) bond motifs is 1. The lowest BCUT2D eigenvalue weighted by atomic mass is 9.98. The first-order valence-electron chi connectivity index (χ1n) is 6.22. The van der Waals surface area contributed by atoms with E-state index in [0.717, 1.165) is 16.7 Å². The first kappa shape index (κ1) is 13.3. The molecule has 1 aromatic heterocycles. The van der Waals surface area contributed by atoms with Crippen LogP contribution in [0.3, 0.4) is 0 Å². The number of ether oxygens (including phenoxy) is 1. The predicted octanol–water partition coefficient (Wildman–Crippen LogP) is 2.63. The second-order valence-corrected chi connectivity index (χ2v) is 4.99. The van der Waals surface area contributed by atoms with Crippen molar-refractivity contribution in [3.8, 4) is 11.8 Å². The van der Waals surface area contributed by atoms with Gasteiger partial charge in [0.1, 0.15) is 16.8 Å². The summed E-state index contributed by atoms with van der Waals surface area (Å²) < 4.78 is 5.87. The minimum Gasteiger partial charge on any atom is -0.488 e. The van der Waals surface area contributed by atoms with E-state index in [9.17, 15) is 0 Å². The Hall–Kier alpha value is -2.12. The van der Waals surface area contributed by atoms with Gasteiger partial charge in [0.2, 0.25) is 0 Å². The molecule has 0 fully saturated rings. The summed E-state index contributed by atoms with van der Waals surface area (Å²) in [5, 5.41) is 9.97. The van der Waals surface area contributed by atoms with Crippen LogP contribution in [0.15, 0.2) is 36.5 Å². The summed E-state index contributed by atoms with van der Waals surface area (Å²) in [5.74, 6) is 0.722. The monoisotopic (exact) mass is 255 g/mol. The minimum atomic E-state index is -0.878. The van der Waals surface area contributed by atoms with Crippen LogP contribution in [-0.4, -0.2) is 16.6 Å². The first-order valence-corrected chi connectivity index (χ1v) is 6.22. The van der Waals surface area contributed by atoms with Crippen LogP contribution in [0.4, 0.5) is 0 Å². The molecule has 0 aliphatic heterocycles. The molecule has 2 unspecified atom stereocenters. The van der Waals surface area contributed by atoms with Crippen LogP contribution in [0.2, 0.25) is 0 Å². The molecule has 2 N–H and O–H groups in total. The molecular weight excluding hydrogens is 238 g/mol. The number of hydrogen-bond donors (Lipinski definition) is 1. The Morgan fingerprint density at radius 2 is 2.16 bits per heavy atom.